The molecular weight excluding hydrogens is 432 g/mol. The van der Waals surface area contributed by atoms with Gasteiger partial charge in [-0.15, -0.1) is 0 Å². The Bertz CT molecular complexity index is 1230. The number of hydrogen-bond donors (Lipinski definition) is 0. The first-order valence-electron chi connectivity index (χ1n) is 10.3. The van der Waals surface area contributed by atoms with Crippen molar-refractivity contribution in [3.63, 3.8) is 0 Å². The second kappa shape index (κ2) is 8.23. The van der Waals surface area contributed by atoms with E-state index in [1.165, 1.54) is 38.9 Å². The summed E-state index contributed by atoms with van der Waals surface area (Å²) in [5.74, 6) is 0. The second-order valence-electron chi connectivity index (χ2n) is 8.19. The molecule has 3 aromatic carbocycles. The van der Waals surface area contributed by atoms with E-state index in [9.17, 15) is 0 Å². The van der Waals surface area contributed by atoms with Gasteiger partial charge in [0, 0.05) is 11.1 Å². The van der Waals surface area contributed by atoms with E-state index in [-0.39, 0.29) is 0 Å². The highest BCUT2D eigenvalue weighted by Crippen LogP contribution is 2.38. The molecule has 1 heterocycles. The van der Waals surface area contributed by atoms with E-state index < -0.39 is 0 Å². The summed E-state index contributed by atoms with van der Waals surface area (Å²) in [6.45, 7) is 11.5. The minimum absolute atomic E-state index is 0.734. The number of hydrogen-bond acceptors (Lipinski definition) is 1. The topological polar surface area (TPSA) is 17.8 Å². The monoisotopic (exact) mass is 458 g/mol. The third kappa shape index (κ3) is 3.87. The van der Waals surface area contributed by atoms with E-state index in [0.717, 1.165) is 28.0 Å². The van der Waals surface area contributed by atoms with Gasteiger partial charge < -0.3 is 0 Å². The summed E-state index contributed by atoms with van der Waals surface area (Å²) in [6, 6.07) is 21.7. The Labute approximate surface area is 187 Å². The average molecular weight is 459 g/mol. The standard InChI is InChI=1S/C27H27BrN2/c1-17-10-12-22(14-20(17)4)26-25(28)27(23-13-11-18(2)21(5)15-23)30(29-26)16-24-9-7-6-8-19(24)3/h6-15H,16H2,1-5H3. The fourth-order valence-corrected chi connectivity index (χ4v) is 4.48. The number of nitrogens with zero attached hydrogens (tertiary/aromatic N) is 2. The first-order valence-corrected chi connectivity index (χ1v) is 11.1. The predicted octanol–water partition coefficient (Wildman–Crippen LogP) is 7.57. The summed E-state index contributed by atoms with van der Waals surface area (Å²) in [6.07, 6.45) is 0. The minimum Gasteiger partial charge on any atom is -0.259 e. The van der Waals surface area contributed by atoms with E-state index in [1.54, 1.807) is 0 Å². The summed E-state index contributed by atoms with van der Waals surface area (Å²) in [5, 5.41) is 5.09. The fourth-order valence-electron chi connectivity index (χ4n) is 3.74. The molecule has 0 fully saturated rings. The van der Waals surface area contributed by atoms with Crippen LogP contribution in [0.4, 0.5) is 0 Å². The van der Waals surface area contributed by atoms with Crippen molar-refractivity contribution in [1.82, 2.24) is 9.78 Å². The van der Waals surface area contributed by atoms with Crippen LogP contribution in [0.1, 0.15) is 33.4 Å². The molecular formula is C27H27BrN2. The van der Waals surface area contributed by atoms with Gasteiger partial charge in [-0.05, 0) is 96.1 Å². The molecule has 0 atom stereocenters. The Kier molecular flexibility index (Phi) is 5.66. The smallest absolute Gasteiger partial charge is 0.107 e. The summed E-state index contributed by atoms with van der Waals surface area (Å²) in [7, 11) is 0. The Morgan fingerprint density at radius 2 is 1.30 bits per heavy atom. The van der Waals surface area contributed by atoms with E-state index in [1.807, 2.05) is 0 Å². The van der Waals surface area contributed by atoms with Crippen LogP contribution in [0.3, 0.4) is 0 Å². The molecule has 0 bridgehead atoms. The predicted molar refractivity (Wildman–Crippen MR) is 130 cm³/mol. The van der Waals surface area contributed by atoms with Gasteiger partial charge in [0.15, 0.2) is 0 Å². The van der Waals surface area contributed by atoms with E-state index in [4.69, 9.17) is 5.10 Å². The number of aryl methyl sites for hydroxylation is 5. The summed E-state index contributed by atoms with van der Waals surface area (Å²) in [5.41, 5.74) is 12.1. The number of benzene rings is 3. The Morgan fingerprint density at radius 1 is 0.700 bits per heavy atom. The van der Waals surface area contributed by atoms with Gasteiger partial charge in [-0.2, -0.15) is 5.10 Å². The maximum atomic E-state index is 5.09. The first-order chi connectivity index (χ1) is 14.3. The van der Waals surface area contributed by atoms with Crippen LogP contribution in [-0.2, 0) is 6.54 Å². The van der Waals surface area contributed by atoms with Crippen molar-refractivity contribution in [2.24, 2.45) is 0 Å². The van der Waals surface area contributed by atoms with Gasteiger partial charge in [0.1, 0.15) is 5.69 Å². The molecule has 152 valence electrons. The Morgan fingerprint density at radius 3 is 1.93 bits per heavy atom. The van der Waals surface area contributed by atoms with E-state index in [0.29, 0.717) is 0 Å². The van der Waals surface area contributed by atoms with Crippen LogP contribution < -0.4 is 0 Å². The average Bonchev–Trinajstić information content (AvgIpc) is 3.04. The van der Waals surface area contributed by atoms with Crippen molar-refractivity contribution in [3.05, 3.63) is 98.5 Å². The maximum absolute atomic E-state index is 5.09. The zero-order valence-electron chi connectivity index (χ0n) is 18.3. The molecule has 0 aliphatic carbocycles. The van der Waals surface area contributed by atoms with Crippen molar-refractivity contribution < 1.29 is 0 Å². The zero-order valence-corrected chi connectivity index (χ0v) is 19.8. The zero-order chi connectivity index (χ0) is 21.4. The number of rotatable bonds is 4. The van der Waals surface area contributed by atoms with Crippen LogP contribution in [0.25, 0.3) is 22.5 Å². The Hall–Kier alpha value is -2.65. The minimum atomic E-state index is 0.734. The molecule has 0 aliphatic rings. The van der Waals surface area contributed by atoms with E-state index >= 15 is 0 Å². The van der Waals surface area contributed by atoms with Gasteiger partial charge in [0.05, 0.1) is 16.7 Å². The summed E-state index contributed by atoms with van der Waals surface area (Å²) in [4.78, 5) is 0. The van der Waals surface area contributed by atoms with Crippen molar-refractivity contribution in [2.45, 2.75) is 41.2 Å². The largest absolute Gasteiger partial charge is 0.259 e. The van der Waals surface area contributed by atoms with Gasteiger partial charge in [-0.3, -0.25) is 4.68 Å². The van der Waals surface area contributed by atoms with Crippen molar-refractivity contribution in [1.29, 1.82) is 0 Å². The van der Waals surface area contributed by atoms with E-state index in [2.05, 4.69) is 116 Å². The lowest BCUT2D eigenvalue weighted by Gasteiger charge is -2.11. The van der Waals surface area contributed by atoms with Crippen LogP contribution in [-0.4, -0.2) is 9.78 Å². The highest BCUT2D eigenvalue weighted by Gasteiger charge is 2.20. The molecule has 0 radical (unpaired) electrons. The summed E-state index contributed by atoms with van der Waals surface area (Å²) < 4.78 is 3.18. The fraction of sp³-hybridized carbons (Fsp3) is 0.222. The second-order valence-corrected chi connectivity index (χ2v) is 8.99. The molecule has 0 N–H and O–H groups in total. The highest BCUT2D eigenvalue weighted by atomic mass is 79.9. The molecule has 0 saturated heterocycles. The van der Waals surface area contributed by atoms with Gasteiger partial charge in [-0.1, -0.05) is 48.5 Å². The molecule has 0 unspecified atom stereocenters. The molecule has 0 aliphatic heterocycles. The molecule has 4 rings (SSSR count). The van der Waals surface area contributed by atoms with Gasteiger partial charge in [0.2, 0.25) is 0 Å². The van der Waals surface area contributed by atoms with Crippen LogP contribution >= 0.6 is 15.9 Å². The molecule has 0 saturated carbocycles. The van der Waals surface area contributed by atoms with Crippen molar-refractivity contribution in [2.75, 3.05) is 0 Å². The molecule has 30 heavy (non-hydrogen) atoms. The lowest BCUT2D eigenvalue weighted by atomic mass is 10.0. The lowest BCUT2D eigenvalue weighted by molar-refractivity contribution is 0.693. The van der Waals surface area contributed by atoms with Crippen LogP contribution in [0.5, 0.6) is 0 Å². The van der Waals surface area contributed by atoms with Gasteiger partial charge in [-0.25, -0.2) is 0 Å². The third-order valence-corrected chi connectivity index (χ3v) is 6.79. The Balaban J connectivity index is 1.91. The van der Waals surface area contributed by atoms with Crippen LogP contribution in [0.2, 0.25) is 0 Å². The van der Waals surface area contributed by atoms with Crippen LogP contribution in [0, 0.1) is 34.6 Å². The van der Waals surface area contributed by atoms with Crippen LogP contribution in [0.15, 0.2) is 65.1 Å². The quantitative estimate of drug-likeness (QED) is 0.308. The molecule has 4 aromatic rings. The number of halogens is 1. The molecule has 0 amide bonds. The van der Waals surface area contributed by atoms with Crippen molar-refractivity contribution >= 4 is 15.9 Å². The van der Waals surface area contributed by atoms with Gasteiger partial charge in [0.25, 0.3) is 0 Å². The lowest BCUT2D eigenvalue weighted by Crippen LogP contribution is -2.05. The molecule has 1 aromatic heterocycles. The van der Waals surface area contributed by atoms with Crippen molar-refractivity contribution in [3.8, 4) is 22.5 Å². The molecule has 3 heteroatoms. The normalized spacial score (nSPS) is 11.1. The molecule has 2 nitrogen and oxygen atoms in total. The number of aromatic nitrogens is 2. The maximum Gasteiger partial charge on any atom is 0.107 e. The molecule has 0 spiro atoms. The highest BCUT2D eigenvalue weighted by molar-refractivity contribution is 9.10. The first kappa shape index (κ1) is 20.6. The third-order valence-electron chi connectivity index (χ3n) is 6.04. The SMILES string of the molecule is Cc1ccc(-c2nn(Cc3ccccc3C)c(-c3ccc(C)c(C)c3)c2Br)cc1C. The van der Waals surface area contributed by atoms with Gasteiger partial charge >= 0.3 is 0 Å². The summed E-state index contributed by atoms with van der Waals surface area (Å²) >= 11 is 3.91.